The number of hydrogen-bond acceptors (Lipinski definition) is 3. The highest BCUT2D eigenvalue weighted by Gasteiger charge is 2.16. The third-order valence-corrected chi connectivity index (χ3v) is 3.81. The lowest BCUT2D eigenvalue weighted by Gasteiger charge is -2.32. The van der Waals surface area contributed by atoms with Crippen molar-refractivity contribution in [1.82, 2.24) is 10.3 Å². The maximum Gasteiger partial charge on any atom is 0.0562 e. The van der Waals surface area contributed by atoms with Crippen molar-refractivity contribution in [3.8, 4) is 0 Å². The van der Waals surface area contributed by atoms with Gasteiger partial charge in [-0.15, -0.1) is 0 Å². The maximum atomic E-state index is 4.46. The van der Waals surface area contributed by atoms with Gasteiger partial charge in [0, 0.05) is 31.5 Å². The van der Waals surface area contributed by atoms with Gasteiger partial charge in [-0.3, -0.25) is 4.98 Å². The van der Waals surface area contributed by atoms with Gasteiger partial charge in [0.15, 0.2) is 0 Å². The van der Waals surface area contributed by atoms with E-state index < -0.39 is 0 Å². The number of nitrogens with one attached hydrogen (secondary N) is 1. The van der Waals surface area contributed by atoms with Gasteiger partial charge >= 0.3 is 0 Å². The molecule has 1 N–H and O–H groups in total. The fourth-order valence-electron chi connectivity index (χ4n) is 2.51. The van der Waals surface area contributed by atoms with E-state index in [1.165, 1.54) is 31.6 Å². The van der Waals surface area contributed by atoms with E-state index in [9.17, 15) is 0 Å². The lowest BCUT2D eigenvalue weighted by atomic mass is 9.99. The molecule has 0 aliphatic carbocycles. The van der Waals surface area contributed by atoms with Crippen molar-refractivity contribution >= 4 is 5.69 Å². The van der Waals surface area contributed by atoms with Crippen LogP contribution < -0.4 is 10.2 Å². The van der Waals surface area contributed by atoms with E-state index in [1.807, 2.05) is 6.20 Å². The van der Waals surface area contributed by atoms with Crippen molar-refractivity contribution in [2.75, 3.05) is 24.5 Å². The third kappa shape index (κ3) is 4.50. The summed E-state index contributed by atoms with van der Waals surface area (Å²) in [4.78, 5) is 6.95. The molecule has 0 saturated carbocycles. The van der Waals surface area contributed by atoms with Gasteiger partial charge in [0.25, 0.3) is 0 Å². The molecular formula is C16H27N3. The molecule has 0 amide bonds. The first-order valence-electron chi connectivity index (χ1n) is 7.55. The van der Waals surface area contributed by atoms with Gasteiger partial charge in [-0.05, 0) is 43.4 Å². The molecule has 2 rings (SSSR count). The Morgan fingerprint density at radius 3 is 2.79 bits per heavy atom. The van der Waals surface area contributed by atoms with Crippen molar-refractivity contribution in [3.63, 3.8) is 0 Å². The number of anilines is 1. The van der Waals surface area contributed by atoms with Crippen LogP contribution in [-0.2, 0) is 6.54 Å². The molecular weight excluding hydrogens is 234 g/mol. The Labute approximate surface area is 117 Å². The fourth-order valence-corrected chi connectivity index (χ4v) is 2.51. The van der Waals surface area contributed by atoms with Crippen LogP contribution in [0.5, 0.6) is 0 Å². The molecule has 2 heterocycles. The minimum Gasteiger partial charge on any atom is -0.371 e. The molecule has 3 heteroatoms. The standard InChI is InChI=1S/C16H27N3/c1-13(2)11-17-12-15-10-16(4-7-18-15)19-8-5-14(3)6-9-19/h4,7,10,13-14,17H,5-6,8-9,11-12H2,1-3H3. The summed E-state index contributed by atoms with van der Waals surface area (Å²) in [5, 5.41) is 3.46. The first-order valence-corrected chi connectivity index (χ1v) is 7.55. The van der Waals surface area contributed by atoms with Crippen LogP contribution in [0.4, 0.5) is 5.69 Å². The predicted octanol–water partition coefficient (Wildman–Crippen LogP) is 3.06. The van der Waals surface area contributed by atoms with E-state index in [1.54, 1.807) is 0 Å². The van der Waals surface area contributed by atoms with Crippen molar-refractivity contribution in [1.29, 1.82) is 0 Å². The maximum absolute atomic E-state index is 4.46. The SMILES string of the molecule is CC(C)CNCc1cc(N2CCC(C)CC2)ccn1. The predicted molar refractivity (Wildman–Crippen MR) is 81.4 cm³/mol. The van der Waals surface area contributed by atoms with Crippen LogP contribution in [0.1, 0.15) is 39.3 Å². The van der Waals surface area contributed by atoms with Crippen LogP contribution >= 0.6 is 0 Å². The molecule has 1 aliphatic heterocycles. The van der Waals surface area contributed by atoms with Crippen molar-refractivity contribution in [2.45, 2.75) is 40.2 Å². The van der Waals surface area contributed by atoms with E-state index in [0.29, 0.717) is 5.92 Å². The normalized spacial score (nSPS) is 17.2. The first-order chi connectivity index (χ1) is 9.15. The zero-order valence-electron chi connectivity index (χ0n) is 12.5. The summed E-state index contributed by atoms with van der Waals surface area (Å²) < 4.78 is 0. The molecule has 106 valence electrons. The topological polar surface area (TPSA) is 28.2 Å². The number of aromatic nitrogens is 1. The Balaban J connectivity index is 1.91. The van der Waals surface area contributed by atoms with E-state index >= 15 is 0 Å². The summed E-state index contributed by atoms with van der Waals surface area (Å²) in [7, 11) is 0. The van der Waals surface area contributed by atoms with E-state index in [-0.39, 0.29) is 0 Å². The Bertz CT molecular complexity index is 381. The summed E-state index contributed by atoms with van der Waals surface area (Å²) in [6.45, 7) is 11.1. The van der Waals surface area contributed by atoms with Crippen LogP contribution in [0.2, 0.25) is 0 Å². The molecule has 0 unspecified atom stereocenters. The van der Waals surface area contributed by atoms with Crippen LogP contribution in [-0.4, -0.2) is 24.6 Å². The number of rotatable bonds is 5. The fraction of sp³-hybridized carbons (Fsp3) is 0.688. The number of piperidine rings is 1. The van der Waals surface area contributed by atoms with Gasteiger partial charge in [0.2, 0.25) is 0 Å². The number of nitrogens with zero attached hydrogens (tertiary/aromatic N) is 2. The summed E-state index contributed by atoms with van der Waals surface area (Å²) in [6, 6.07) is 4.38. The molecule has 0 bridgehead atoms. The van der Waals surface area contributed by atoms with Crippen LogP contribution in [0.25, 0.3) is 0 Å². The Hall–Kier alpha value is -1.09. The van der Waals surface area contributed by atoms with Crippen molar-refractivity contribution in [3.05, 3.63) is 24.0 Å². The summed E-state index contributed by atoms with van der Waals surface area (Å²) in [5.41, 5.74) is 2.49. The van der Waals surface area contributed by atoms with Crippen LogP contribution in [0.3, 0.4) is 0 Å². The van der Waals surface area contributed by atoms with Gasteiger partial charge in [-0.25, -0.2) is 0 Å². The van der Waals surface area contributed by atoms with Crippen molar-refractivity contribution in [2.24, 2.45) is 11.8 Å². The minimum absolute atomic E-state index is 0.687. The smallest absolute Gasteiger partial charge is 0.0562 e. The highest BCUT2D eigenvalue weighted by Crippen LogP contribution is 2.22. The second-order valence-electron chi connectivity index (χ2n) is 6.20. The van der Waals surface area contributed by atoms with Gasteiger partial charge in [-0.1, -0.05) is 20.8 Å². The molecule has 3 nitrogen and oxygen atoms in total. The number of pyridine rings is 1. The summed E-state index contributed by atoms with van der Waals surface area (Å²) in [5.74, 6) is 1.57. The van der Waals surface area contributed by atoms with Gasteiger partial charge in [0.1, 0.15) is 0 Å². The molecule has 1 aliphatic rings. The third-order valence-electron chi connectivity index (χ3n) is 3.81. The van der Waals surface area contributed by atoms with E-state index in [4.69, 9.17) is 0 Å². The molecule has 1 aromatic rings. The zero-order chi connectivity index (χ0) is 13.7. The average molecular weight is 261 g/mol. The summed E-state index contributed by atoms with van der Waals surface area (Å²) >= 11 is 0. The largest absolute Gasteiger partial charge is 0.371 e. The molecule has 0 spiro atoms. The first kappa shape index (κ1) is 14.3. The molecule has 0 radical (unpaired) electrons. The molecule has 0 atom stereocenters. The molecule has 0 aromatic carbocycles. The quantitative estimate of drug-likeness (QED) is 0.883. The zero-order valence-corrected chi connectivity index (χ0v) is 12.5. The van der Waals surface area contributed by atoms with E-state index in [2.05, 4.69) is 48.1 Å². The number of hydrogen-bond donors (Lipinski definition) is 1. The van der Waals surface area contributed by atoms with Crippen LogP contribution in [0, 0.1) is 11.8 Å². The molecule has 1 aromatic heterocycles. The minimum atomic E-state index is 0.687. The second-order valence-corrected chi connectivity index (χ2v) is 6.20. The lowest BCUT2D eigenvalue weighted by molar-refractivity contribution is 0.438. The lowest BCUT2D eigenvalue weighted by Crippen LogP contribution is -2.32. The highest BCUT2D eigenvalue weighted by molar-refractivity contribution is 5.46. The van der Waals surface area contributed by atoms with Gasteiger partial charge < -0.3 is 10.2 Å². The second kappa shape index (κ2) is 6.90. The Morgan fingerprint density at radius 2 is 2.11 bits per heavy atom. The highest BCUT2D eigenvalue weighted by atomic mass is 15.1. The average Bonchev–Trinajstić information content (AvgIpc) is 2.39. The molecule has 19 heavy (non-hydrogen) atoms. The monoisotopic (exact) mass is 261 g/mol. The van der Waals surface area contributed by atoms with Crippen LogP contribution in [0.15, 0.2) is 18.3 Å². The molecule has 1 saturated heterocycles. The summed E-state index contributed by atoms with van der Waals surface area (Å²) in [6.07, 6.45) is 4.56. The Kier molecular flexibility index (Phi) is 5.20. The molecule has 1 fully saturated rings. The van der Waals surface area contributed by atoms with Crippen molar-refractivity contribution < 1.29 is 0 Å². The van der Waals surface area contributed by atoms with Gasteiger partial charge in [0.05, 0.1) is 5.69 Å². The Morgan fingerprint density at radius 1 is 1.37 bits per heavy atom. The van der Waals surface area contributed by atoms with E-state index in [0.717, 1.165) is 24.7 Å². The van der Waals surface area contributed by atoms with Gasteiger partial charge in [-0.2, -0.15) is 0 Å².